The molecular weight excluding hydrogens is 188 g/mol. The van der Waals surface area contributed by atoms with E-state index in [1.165, 1.54) is 0 Å². The van der Waals surface area contributed by atoms with Gasteiger partial charge < -0.3 is 5.73 Å². The summed E-state index contributed by atoms with van der Waals surface area (Å²) < 4.78 is 24.8. The zero-order valence-corrected chi connectivity index (χ0v) is 8.46. The van der Waals surface area contributed by atoms with Crippen LogP contribution < -0.4 is 5.73 Å². The van der Waals surface area contributed by atoms with Crippen molar-refractivity contribution in [3.63, 3.8) is 0 Å². The van der Waals surface area contributed by atoms with Crippen LogP contribution >= 0.6 is 0 Å². The molecule has 2 unspecified atom stereocenters. The third kappa shape index (κ3) is 1.60. The lowest BCUT2D eigenvalue weighted by Gasteiger charge is -2.25. The van der Waals surface area contributed by atoms with Crippen LogP contribution in [0.3, 0.4) is 0 Å². The van der Waals surface area contributed by atoms with Gasteiger partial charge in [0.2, 0.25) is 10.0 Å². The van der Waals surface area contributed by atoms with Crippen LogP contribution in [-0.2, 0) is 10.0 Å². The Bertz CT molecular complexity index is 289. The average molecular weight is 204 g/mol. The minimum atomic E-state index is -2.95. The summed E-state index contributed by atoms with van der Waals surface area (Å²) in [7, 11) is -2.95. The summed E-state index contributed by atoms with van der Waals surface area (Å²) in [5.74, 6) is 0.316. The molecule has 2 N–H and O–H groups in total. The molecule has 1 aliphatic heterocycles. The zero-order chi connectivity index (χ0) is 9.47. The fourth-order valence-corrected chi connectivity index (χ4v) is 4.17. The molecule has 2 fully saturated rings. The van der Waals surface area contributed by atoms with Gasteiger partial charge >= 0.3 is 0 Å². The predicted octanol–water partition coefficient (Wildman–Crippen LogP) is -0.0983. The van der Waals surface area contributed by atoms with Gasteiger partial charge in [0.1, 0.15) is 0 Å². The maximum absolute atomic E-state index is 11.6. The van der Waals surface area contributed by atoms with Gasteiger partial charge in [-0.05, 0) is 19.3 Å². The minimum absolute atomic E-state index is 0.0628. The van der Waals surface area contributed by atoms with E-state index in [2.05, 4.69) is 0 Å². The van der Waals surface area contributed by atoms with Crippen LogP contribution in [0.2, 0.25) is 0 Å². The van der Waals surface area contributed by atoms with Crippen LogP contribution in [0, 0.1) is 0 Å². The molecule has 1 saturated heterocycles. The van der Waals surface area contributed by atoms with Gasteiger partial charge in [0, 0.05) is 18.6 Å². The van der Waals surface area contributed by atoms with Gasteiger partial charge in [-0.15, -0.1) is 0 Å². The highest BCUT2D eigenvalue weighted by molar-refractivity contribution is 7.89. The highest BCUT2D eigenvalue weighted by atomic mass is 32.2. The van der Waals surface area contributed by atoms with Gasteiger partial charge in [0.05, 0.1) is 5.75 Å². The summed E-state index contributed by atoms with van der Waals surface area (Å²) in [5, 5.41) is 0. The third-order valence-electron chi connectivity index (χ3n) is 3.04. The Labute approximate surface area is 79.1 Å². The van der Waals surface area contributed by atoms with Crippen molar-refractivity contribution in [3.8, 4) is 0 Å². The normalized spacial score (nSPS) is 39.8. The van der Waals surface area contributed by atoms with Crippen LogP contribution in [0.1, 0.15) is 25.7 Å². The van der Waals surface area contributed by atoms with Gasteiger partial charge in [-0.3, -0.25) is 0 Å². The van der Waals surface area contributed by atoms with E-state index < -0.39 is 10.0 Å². The van der Waals surface area contributed by atoms with E-state index in [-0.39, 0.29) is 12.1 Å². The van der Waals surface area contributed by atoms with Crippen LogP contribution in [-0.4, -0.2) is 37.1 Å². The molecule has 1 saturated carbocycles. The second-order valence-corrected chi connectivity index (χ2v) is 5.98. The highest BCUT2D eigenvalue weighted by Gasteiger charge is 2.39. The quantitative estimate of drug-likeness (QED) is 0.649. The van der Waals surface area contributed by atoms with Crippen LogP contribution in [0.5, 0.6) is 0 Å². The van der Waals surface area contributed by atoms with E-state index in [1.54, 1.807) is 4.31 Å². The molecule has 2 atom stereocenters. The fraction of sp³-hybridized carbons (Fsp3) is 1.00. The van der Waals surface area contributed by atoms with Crippen molar-refractivity contribution in [3.05, 3.63) is 0 Å². The molecule has 4 nitrogen and oxygen atoms in total. The Kier molecular flexibility index (Phi) is 2.33. The van der Waals surface area contributed by atoms with E-state index in [0.29, 0.717) is 12.3 Å². The van der Waals surface area contributed by atoms with Gasteiger partial charge in [-0.1, -0.05) is 6.42 Å². The Morgan fingerprint density at radius 2 is 2.00 bits per heavy atom. The summed E-state index contributed by atoms with van der Waals surface area (Å²) in [4.78, 5) is 0. The molecule has 0 aromatic heterocycles. The summed E-state index contributed by atoms with van der Waals surface area (Å²) in [5.41, 5.74) is 5.87. The van der Waals surface area contributed by atoms with Gasteiger partial charge in [-0.25, -0.2) is 8.42 Å². The molecule has 0 amide bonds. The number of hydrogen-bond donors (Lipinski definition) is 1. The summed E-state index contributed by atoms with van der Waals surface area (Å²) in [6.07, 6.45) is 3.75. The van der Waals surface area contributed by atoms with Crippen molar-refractivity contribution in [2.45, 2.75) is 37.8 Å². The average Bonchev–Trinajstić information content (AvgIpc) is 2.56. The minimum Gasteiger partial charge on any atom is -0.326 e. The van der Waals surface area contributed by atoms with Crippen molar-refractivity contribution in [1.29, 1.82) is 0 Å². The van der Waals surface area contributed by atoms with E-state index in [1.807, 2.05) is 0 Å². The molecule has 1 heterocycles. The third-order valence-corrected chi connectivity index (χ3v) is 5.01. The number of hydrogen-bond acceptors (Lipinski definition) is 3. The molecular formula is C8H16N2O2S. The molecule has 0 aromatic carbocycles. The lowest BCUT2D eigenvalue weighted by atomic mass is 10.2. The van der Waals surface area contributed by atoms with Crippen molar-refractivity contribution in [2.24, 2.45) is 5.73 Å². The molecule has 2 aliphatic rings. The number of nitrogens with zero attached hydrogens (tertiary/aromatic N) is 1. The SMILES string of the molecule is NC1CCCC1N1CCCS1(=O)=O. The maximum atomic E-state index is 11.6. The lowest BCUT2D eigenvalue weighted by Crippen LogP contribution is -2.45. The molecule has 1 aliphatic carbocycles. The first-order valence-corrected chi connectivity index (χ1v) is 6.47. The molecule has 0 spiro atoms. The van der Waals surface area contributed by atoms with Gasteiger partial charge in [0.15, 0.2) is 0 Å². The first-order chi connectivity index (χ1) is 6.11. The first-order valence-electron chi connectivity index (χ1n) is 4.86. The molecule has 2 rings (SSSR count). The second kappa shape index (κ2) is 3.22. The van der Waals surface area contributed by atoms with Crippen LogP contribution in [0.25, 0.3) is 0 Å². The van der Waals surface area contributed by atoms with Crippen molar-refractivity contribution >= 4 is 10.0 Å². The Balaban J connectivity index is 2.16. The smallest absolute Gasteiger partial charge is 0.214 e. The van der Waals surface area contributed by atoms with Gasteiger partial charge in [0.25, 0.3) is 0 Å². The van der Waals surface area contributed by atoms with Crippen molar-refractivity contribution in [2.75, 3.05) is 12.3 Å². The number of nitrogens with two attached hydrogens (primary N) is 1. The first kappa shape index (κ1) is 9.43. The molecule has 76 valence electrons. The largest absolute Gasteiger partial charge is 0.326 e. The molecule has 0 aromatic rings. The number of rotatable bonds is 1. The van der Waals surface area contributed by atoms with Crippen molar-refractivity contribution in [1.82, 2.24) is 4.31 Å². The van der Waals surface area contributed by atoms with E-state index >= 15 is 0 Å². The highest BCUT2D eigenvalue weighted by Crippen LogP contribution is 2.28. The molecule has 13 heavy (non-hydrogen) atoms. The molecule has 0 bridgehead atoms. The maximum Gasteiger partial charge on any atom is 0.214 e. The predicted molar refractivity (Wildman–Crippen MR) is 50.7 cm³/mol. The Hall–Kier alpha value is -0.130. The fourth-order valence-electron chi connectivity index (χ4n) is 2.36. The van der Waals surface area contributed by atoms with Gasteiger partial charge in [-0.2, -0.15) is 4.31 Å². The molecule has 0 radical (unpaired) electrons. The van der Waals surface area contributed by atoms with E-state index in [9.17, 15) is 8.42 Å². The van der Waals surface area contributed by atoms with Crippen LogP contribution in [0.4, 0.5) is 0 Å². The Morgan fingerprint density at radius 1 is 1.23 bits per heavy atom. The molecule has 5 heteroatoms. The van der Waals surface area contributed by atoms with E-state index in [0.717, 1.165) is 25.7 Å². The van der Waals surface area contributed by atoms with Crippen LogP contribution in [0.15, 0.2) is 0 Å². The second-order valence-electron chi connectivity index (χ2n) is 3.94. The summed E-state index contributed by atoms with van der Waals surface area (Å²) in [6.45, 7) is 0.681. The van der Waals surface area contributed by atoms with E-state index in [4.69, 9.17) is 5.73 Å². The standard InChI is InChI=1S/C8H16N2O2S/c9-7-3-1-4-8(7)10-5-2-6-13(10,11)12/h7-8H,1-6,9H2. The Morgan fingerprint density at radius 3 is 2.46 bits per heavy atom. The summed E-state index contributed by atoms with van der Waals surface area (Å²) in [6, 6.07) is 0.153. The topological polar surface area (TPSA) is 63.4 Å². The van der Waals surface area contributed by atoms with Crippen molar-refractivity contribution < 1.29 is 8.42 Å². The summed E-state index contributed by atoms with van der Waals surface area (Å²) >= 11 is 0. The zero-order valence-electron chi connectivity index (χ0n) is 7.65. The number of sulfonamides is 1. The monoisotopic (exact) mass is 204 g/mol. The lowest BCUT2D eigenvalue weighted by molar-refractivity contribution is 0.321.